The van der Waals surface area contributed by atoms with E-state index in [1.165, 1.54) is 0 Å². The molecule has 0 aromatic carbocycles. The molecule has 0 fully saturated rings. The summed E-state index contributed by atoms with van der Waals surface area (Å²) < 4.78 is 24.9. The Morgan fingerprint density at radius 1 is 1.58 bits per heavy atom. The zero-order valence-corrected chi connectivity index (χ0v) is 5.92. The van der Waals surface area contributed by atoms with Crippen LogP contribution in [-0.4, -0.2) is 16.1 Å². The average molecular weight is 173 g/mol. The van der Waals surface area contributed by atoms with Gasteiger partial charge in [0.05, 0.1) is 18.3 Å². The molecular weight excluding hydrogens is 168 g/mol. The van der Waals surface area contributed by atoms with E-state index in [2.05, 4.69) is 4.98 Å². The summed E-state index contributed by atoms with van der Waals surface area (Å²) in [4.78, 5) is 13.4. The summed E-state index contributed by atoms with van der Waals surface area (Å²) in [5, 5.41) is 8.26. The molecule has 5 heteroatoms. The molecule has 1 aromatic heterocycles. The fraction of sp³-hybridized carbons (Fsp3) is 0.143. The van der Waals surface area contributed by atoms with E-state index in [4.69, 9.17) is 5.11 Å². The number of aliphatic carboxylic acids is 1. The molecule has 1 heterocycles. The van der Waals surface area contributed by atoms with E-state index in [0.717, 1.165) is 6.20 Å². The van der Waals surface area contributed by atoms with Gasteiger partial charge in [0.25, 0.3) is 0 Å². The van der Waals surface area contributed by atoms with Crippen LogP contribution >= 0.6 is 0 Å². The molecule has 64 valence electrons. The monoisotopic (exact) mass is 173 g/mol. The minimum absolute atomic E-state index is 0.260. The number of nitrogens with zero attached hydrogens (tertiary/aromatic N) is 1. The van der Waals surface area contributed by atoms with Crippen molar-refractivity contribution < 1.29 is 18.7 Å². The van der Waals surface area contributed by atoms with Crippen molar-refractivity contribution >= 4 is 5.97 Å². The van der Waals surface area contributed by atoms with Gasteiger partial charge in [0.1, 0.15) is 11.6 Å². The third-order valence-electron chi connectivity index (χ3n) is 1.20. The van der Waals surface area contributed by atoms with E-state index in [-0.39, 0.29) is 5.69 Å². The molecule has 0 spiro atoms. The fourth-order valence-electron chi connectivity index (χ4n) is 0.716. The Labute approximate surface area is 66.7 Å². The summed E-state index contributed by atoms with van der Waals surface area (Å²) in [5.41, 5.74) is -0.260. The highest BCUT2D eigenvalue weighted by Gasteiger charge is 2.08. The third-order valence-corrected chi connectivity index (χ3v) is 1.20. The Morgan fingerprint density at radius 2 is 2.25 bits per heavy atom. The first-order chi connectivity index (χ1) is 5.59. The first-order valence-electron chi connectivity index (χ1n) is 3.11. The predicted molar refractivity (Wildman–Crippen MR) is 35.5 cm³/mol. The number of hydrogen-bond acceptors (Lipinski definition) is 2. The molecule has 0 aliphatic heterocycles. The first kappa shape index (κ1) is 8.58. The van der Waals surface area contributed by atoms with Crippen LogP contribution in [0.1, 0.15) is 5.69 Å². The molecule has 0 atom stereocenters. The van der Waals surface area contributed by atoms with Crippen molar-refractivity contribution in [1.82, 2.24) is 4.98 Å². The van der Waals surface area contributed by atoms with Crippen molar-refractivity contribution in [2.24, 2.45) is 0 Å². The van der Waals surface area contributed by atoms with Gasteiger partial charge < -0.3 is 5.11 Å². The smallest absolute Gasteiger partial charge is 0.309 e. The van der Waals surface area contributed by atoms with Gasteiger partial charge in [0.2, 0.25) is 0 Å². The lowest BCUT2D eigenvalue weighted by Crippen LogP contribution is -2.05. The molecule has 1 N–H and O–H groups in total. The molecule has 0 saturated heterocycles. The number of hydrogen-bond donors (Lipinski definition) is 1. The lowest BCUT2D eigenvalue weighted by molar-refractivity contribution is -0.136. The number of carbonyl (C=O) groups is 1. The van der Waals surface area contributed by atoms with Crippen molar-refractivity contribution in [2.75, 3.05) is 0 Å². The van der Waals surface area contributed by atoms with Crippen LogP contribution in [0.25, 0.3) is 0 Å². The van der Waals surface area contributed by atoms with E-state index in [1.807, 2.05) is 0 Å². The Bertz CT molecular complexity index is 314. The van der Waals surface area contributed by atoms with Crippen LogP contribution in [0.2, 0.25) is 0 Å². The van der Waals surface area contributed by atoms with Crippen molar-refractivity contribution in [3.8, 4) is 0 Å². The second kappa shape index (κ2) is 3.25. The predicted octanol–water partition coefficient (Wildman–Crippen LogP) is 0.987. The van der Waals surface area contributed by atoms with Crippen molar-refractivity contribution in [3.05, 3.63) is 29.6 Å². The summed E-state index contributed by atoms with van der Waals surface area (Å²) in [6.45, 7) is 0. The molecule has 0 aliphatic carbocycles. The number of rotatable bonds is 2. The van der Waals surface area contributed by atoms with Crippen molar-refractivity contribution in [1.29, 1.82) is 0 Å². The third kappa shape index (κ3) is 1.98. The zero-order valence-electron chi connectivity index (χ0n) is 5.92. The van der Waals surface area contributed by atoms with Gasteiger partial charge in [0, 0.05) is 6.07 Å². The van der Waals surface area contributed by atoms with E-state index in [9.17, 15) is 13.6 Å². The van der Waals surface area contributed by atoms with Crippen molar-refractivity contribution in [2.45, 2.75) is 6.42 Å². The average Bonchev–Trinajstić information content (AvgIpc) is 1.94. The number of carboxylic acid groups (broad SMARTS) is 1. The van der Waals surface area contributed by atoms with Gasteiger partial charge in [-0.25, -0.2) is 8.78 Å². The minimum Gasteiger partial charge on any atom is -0.481 e. The largest absolute Gasteiger partial charge is 0.481 e. The number of aromatic nitrogens is 1. The van der Waals surface area contributed by atoms with E-state index < -0.39 is 24.0 Å². The van der Waals surface area contributed by atoms with E-state index >= 15 is 0 Å². The molecule has 0 amide bonds. The topological polar surface area (TPSA) is 50.2 Å². The SMILES string of the molecule is O=C(O)Cc1ncc(F)cc1F. The van der Waals surface area contributed by atoms with Crippen LogP contribution in [0.15, 0.2) is 12.3 Å². The van der Waals surface area contributed by atoms with Crippen LogP contribution in [0, 0.1) is 11.6 Å². The maximum absolute atomic E-state index is 12.6. The van der Waals surface area contributed by atoms with Gasteiger partial charge in [-0.1, -0.05) is 0 Å². The minimum atomic E-state index is -1.20. The highest BCUT2D eigenvalue weighted by atomic mass is 19.1. The number of halogens is 2. The summed E-state index contributed by atoms with van der Waals surface area (Å²) in [6, 6.07) is 0.602. The second-order valence-corrected chi connectivity index (χ2v) is 2.15. The van der Waals surface area contributed by atoms with Crippen LogP contribution < -0.4 is 0 Å². The van der Waals surface area contributed by atoms with Crippen molar-refractivity contribution in [3.63, 3.8) is 0 Å². The molecule has 3 nitrogen and oxygen atoms in total. The summed E-state index contributed by atoms with van der Waals surface area (Å²) >= 11 is 0. The van der Waals surface area contributed by atoms with Gasteiger partial charge >= 0.3 is 5.97 Å². The standard InChI is InChI=1S/C7H5F2NO2/c8-4-1-5(9)6(10-3-4)2-7(11)12/h1,3H,2H2,(H,11,12). The summed E-state index contributed by atoms with van der Waals surface area (Å²) in [6.07, 6.45) is 0.244. The number of carboxylic acids is 1. The molecular formula is C7H5F2NO2. The molecule has 0 bridgehead atoms. The Hall–Kier alpha value is -1.52. The Kier molecular flexibility index (Phi) is 2.32. The van der Waals surface area contributed by atoms with Crippen LogP contribution in [0.5, 0.6) is 0 Å². The summed E-state index contributed by atoms with van der Waals surface area (Å²) in [7, 11) is 0. The second-order valence-electron chi connectivity index (χ2n) is 2.15. The quantitative estimate of drug-likeness (QED) is 0.725. The highest BCUT2D eigenvalue weighted by Crippen LogP contribution is 2.06. The van der Waals surface area contributed by atoms with Gasteiger partial charge in [-0.15, -0.1) is 0 Å². The Balaban J connectivity index is 2.93. The molecule has 12 heavy (non-hydrogen) atoms. The Morgan fingerprint density at radius 3 is 2.75 bits per heavy atom. The van der Waals surface area contributed by atoms with E-state index in [0.29, 0.717) is 6.07 Å². The van der Waals surface area contributed by atoms with Gasteiger partial charge in [-0.05, 0) is 0 Å². The first-order valence-corrected chi connectivity index (χ1v) is 3.11. The molecule has 1 aromatic rings. The van der Waals surface area contributed by atoms with Gasteiger partial charge in [0.15, 0.2) is 0 Å². The van der Waals surface area contributed by atoms with Crippen LogP contribution in [-0.2, 0) is 11.2 Å². The lowest BCUT2D eigenvalue weighted by atomic mass is 10.2. The normalized spacial score (nSPS) is 9.83. The maximum Gasteiger partial charge on any atom is 0.309 e. The number of pyridine rings is 1. The molecule has 0 unspecified atom stereocenters. The fourth-order valence-corrected chi connectivity index (χ4v) is 0.716. The van der Waals surface area contributed by atoms with Gasteiger partial charge in [-0.2, -0.15) is 0 Å². The van der Waals surface area contributed by atoms with Gasteiger partial charge in [-0.3, -0.25) is 9.78 Å². The molecule has 0 aliphatic rings. The maximum atomic E-state index is 12.6. The lowest BCUT2D eigenvalue weighted by Gasteiger charge is -1.97. The van der Waals surface area contributed by atoms with E-state index in [1.54, 1.807) is 0 Å². The highest BCUT2D eigenvalue weighted by molar-refractivity contribution is 5.69. The molecule has 0 radical (unpaired) electrons. The van der Waals surface area contributed by atoms with Crippen LogP contribution in [0.4, 0.5) is 8.78 Å². The summed E-state index contributed by atoms with van der Waals surface area (Å²) in [5.74, 6) is -2.95. The molecule has 0 saturated carbocycles. The van der Waals surface area contributed by atoms with Crippen LogP contribution in [0.3, 0.4) is 0 Å². The zero-order chi connectivity index (χ0) is 9.14. The molecule has 1 rings (SSSR count).